The number of amides is 2. The van der Waals surface area contributed by atoms with Gasteiger partial charge in [0.15, 0.2) is 0 Å². The van der Waals surface area contributed by atoms with Gasteiger partial charge >= 0.3 is 0 Å². The molecule has 0 spiro atoms. The maximum atomic E-state index is 14.0. The summed E-state index contributed by atoms with van der Waals surface area (Å²) in [6.07, 6.45) is 0. The Balaban J connectivity index is 2.06. The van der Waals surface area contributed by atoms with Gasteiger partial charge in [0, 0.05) is 17.1 Å². The fourth-order valence-corrected chi connectivity index (χ4v) is 6.00. The summed E-state index contributed by atoms with van der Waals surface area (Å²) in [6.45, 7) is 8.62. The molecule has 0 aliphatic rings. The van der Waals surface area contributed by atoms with Crippen LogP contribution >= 0.6 is 23.2 Å². The van der Waals surface area contributed by atoms with E-state index in [1.165, 1.54) is 35.2 Å². The van der Waals surface area contributed by atoms with Crippen LogP contribution in [-0.4, -0.2) is 43.3 Å². The third-order valence-corrected chi connectivity index (χ3v) is 8.20. The number of carbonyl (C=O) groups excluding carboxylic acids is 2. The van der Waals surface area contributed by atoms with Crippen LogP contribution in [0.4, 0.5) is 5.69 Å². The molecule has 3 aromatic rings. The monoisotopic (exact) mass is 589 g/mol. The molecule has 1 unspecified atom stereocenters. The number of hydrogen-bond donors (Lipinski definition) is 1. The zero-order valence-corrected chi connectivity index (χ0v) is 24.9. The average molecular weight is 591 g/mol. The van der Waals surface area contributed by atoms with E-state index in [9.17, 15) is 18.0 Å². The van der Waals surface area contributed by atoms with Crippen molar-refractivity contribution in [1.29, 1.82) is 0 Å². The van der Waals surface area contributed by atoms with Gasteiger partial charge in [0.05, 0.1) is 15.6 Å². The zero-order chi connectivity index (χ0) is 29.0. The molecule has 1 N–H and O–H groups in total. The van der Waals surface area contributed by atoms with E-state index < -0.39 is 34.1 Å². The third kappa shape index (κ3) is 7.97. The number of benzene rings is 3. The fraction of sp³-hybridized carbons (Fsp3) is 0.310. The van der Waals surface area contributed by atoms with Crippen molar-refractivity contribution in [2.24, 2.45) is 0 Å². The van der Waals surface area contributed by atoms with Crippen molar-refractivity contribution in [2.75, 3.05) is 10.8 Å². The number of rotatable bonds is 9. The van der Waals surface area contributed by atoms with Gasteiger partial charge < -0.3 is 10.2 Å². The highest BCUT2D eigenvalue weighted by Gasteiger charge is 2.34. The highest BCUT2D eigenvalue weighted by Crippen LogP contribution is 2.33. The maximum Gasteiger partial charge on any atom is 0.264 e. The third-order valence-electron chi connectivity index (χ3n) is 5.89. The molecular formula is C29H33Cl2N3O4S. The molecule has 3 aromatic carbocycles. The molecule has 2 amide bonds. The van der Waals surface area contributed by atoms with Gasteiger partial charge in [-0.15, -0.1) is 0 Å². The van der Waals surface area contributed by atoms with Crippen LogP contribution in [0, 0.1) is 6.92 Å². The van der Waals surface area contributed by atoms with Crippen LogP contribution in [-0.2, 0) is 26.2 Å². The van der Waals surface area contributed by atoms with E-state index in [1.54, 1.807) is 25.1 Å². The molecule has 39 heavy (non-hydrogen) atoms. The highest BCUT2D eigenvalue weighted by molar-refractivity contribution is 7.92. The summed E-state index contributed by atoms with van der Waals surface area (Å²) >= 11 is 12.5. The summed E-state index contributed by atoms with van der Waals surface area (Å²) in [5, 5.41) is 3.30. The Morgan fingerprint density at radius 3 is 2.21 bits per heavy atom. The highest BCUT2D eigenvalue weighted by atomic mass is 35.5. The molecule has 3 rings (SSSR count). The summed E-state index contributed by atoms with van der Waals surface area (Å²) in [4.78, 5) is 28.5. The molecule has 0 heterocycles. The number of sulfonamides is 1. The van der Waals surface area contributed by atoms with E-state index in [0.717, 1.165) is 15.4 Å². The largest absolute Gasteiger partial charge is 0.350 e. The normalized spacial score (nSPS) is 12.5. The van der Waals surface area contributed by atoms with Gasteiger partial charge in [-0.25, -0.2) is 8.42 Å². The van der Waals surface area contributed by atoms with Crippen molar-refractivity contribution in [3.63, 3.8) is 0 Å². The molecule has 0 aromatic heterocycles. The smallest absolute Gasteiger partial charge is 0.264 e. The molecule has 1 atom stereocenters. The predicted octanol–water partition coefficient (Wildman–Crippen LogP) is 5.83. The number of carbonyl (C=O) groups is 2. The van der Waals surface area contributed by atoms with Crippen LogP contribution < -0.4 is 9.62 Å². The van der Waals surface area contributed by atoms with Gasteiger partial charge in [0.25, 0.3) is 10.0 Å². The first-order valence-electron chi connectivity index (χ1n) is 12.4. The number of anilines is 1. The molecule has 0 aliphatic heterocycles. The first-order valence-corrected chi connectivity index (χ1v) is 14.6. The van der Waals surface area contributed by atoms with E-state index in [2.05, 4.69) is 5.32 Å². The lowest BCUT2D eigenvalue weighted by atomic mass is 10.1. The summed E-state index contributed by atoms with van der Waals surface area (Å²) in [6, 6.07) is 18.8. The Labute approximate surface area is 240 Å². The molecule has 0 bridgehead atoms. The molecule has 0 radical (unpaired) electrons. The minimum Gasteiger partial charge on any atom is -0.350 e. The standard InChI is InChI=1S/C29H33Cl2N3O4S/c1-20-10-9-11-22(16-20)18-33(21(2)28(36)32-29(3,4)5)27(35)19-34(26-15-14-23(30)17-25(26)31)39(37,38)24-12-7-6-8-13-24/h6-17,21H,18-19H2,1-5H3,(H,32,36). The van der Waals surface area contributed by atoms with Gasteiger partial charge in [-0.3, -0.25) is 13.9 Å². The molecule has 208 valence electrons. The second-order valence-corrected chi connectivity index (χ2v) is 13.1. The number of aryl methyl sites for hydroxylation is 1. The summed E-state index contributed by atoms with van der Waals surface area (Å²) in [5.74, 6) is -0.927. The molecule has 0 saturated heterocycles. The summed E-state index contributed by atoms with van der Waals surface area (Å²) in [7, 11) is -4.21. The second kappa shape index (κ2) is 12.4. The Hall–Kier alpha value is -3.07. The van der Waals surface area contributed by atoms with Crippen LogP contribution in [0.1, 0.15) is 38.8 Å². The van der Waals surface area contributed by atoms with Crippen LogP contribution in [0.25, 0.3) is 0 Å². The number of nitrogens with zero attached hydrogens (tertiary/aromatic N) is 2. The second-order valence-electron chi connectivity index (χ2n) is 10.3. The van der Waals surface area contributed by atoms with Crippen molar-refractivity contribution < 1.29 is 18.0 Å². The van der Waals surface area contributed by atoms with E-state index in [4.69, 9.17) is 23.2 Å². The maximum absolute atomic E-state index is 14.0. The minimum atomic E-state index is -4.21. The van der Waals surface area contributed by atoms with Gasteiger partial charge in [-0.1, -0.05) is 71.2 Å². The van der Waals surface area contributed by atoms with E-state index in [1.807, 2.05) is 52.0 Å². The quantitative estimate of drug-likeness (QED) is 0.340. The van der Waals surface area contributed by atoms with Crippen molar-refractivity contribution >= 4 is 50.7 Å². The number of nitrogens with one attached hydrogen (secondary N) is 1. The molecule has 0 aliphatic carbocycles. The summed E-state index contributed by atoms with van der Waals surface area (Å²) < 4.78 is 28.6. The predicted molar refractivity (Wildman–Crippen MR) is 157 cm³/mol. The lowest BCUT2D eigenvalue weighted by molar-refractivity contribution is -0.140. The fourth-order valence-electron chi connectivity index (χ4n) is 3.98. The number of hydrogen-bond acceptors (Lipinski definition) is 4. The Bertz CT molecular complexity index is 1440. The molecule has 0 fully saturated rings. The van der Waals surface area contributed by atoms with Crippen molar-refractivity contribution in [2.45, 2.75) is 57.6 Å². The van der Waals surface area contributed by atoms with E-state index in [0.29, 0.717) is 5.02 Å². The van der Waals surface area contributed by atoms with Crippen LogP contribution in [0.5, 0.6) is 0 Å². The minimum absolute atomic E-state index is 0.00688. The lowest BCUT2D eigenvalue weighted by Gasteiger charge is -2.33. The first-order chi connectivity index (χ1) is 18.2. The van der Waals surface area contributed by atoms with Crippen LogP contribution in [0.3, 0.4) is 0 Å². The van der Waals surface area contributed by atoms with E-state index in [-0.39, 0.29) is 28.1 Å². The summed E-state index contributed by atoms with van der Waals surface area (Å²) in [5.41, 5.74) is 1.37. The van der Waals surface area contributed by atoms with Gasteiger partial charge in [0.2, 0.25) is 11.8 Å². The molecule has 10 heteroatoms. The average Bonchev–Trinajstić information content (AvgIpc) is 2.85. The van der Waals surface area contributed by atoms with Crippen molar-refractivity contribution in [3.05, 3.63) is 94.0 Å². The van der Waals surface area contributed by atoms with E-state index >= 15 is 0 Å². The van der Waals surface area contributed by atoms with Gasteiger partial charge in [-0.05, 0) is 70.5 Å². The number of halogens is 2. The topological polar surface area (TPSA) is 86.8 Å². The first kappa shape index (κ1) is 30.5. The molecule has 0 saturated carbocycles. The SMILES string of the molecule is Cc1cccc(CN(C(=O)CN(c2ccc(Cl)cc2Cl)S(=O)(=O)c2ccccc2)C(C)C(=O)NC(C)(C)C)c1. The molecule has 7 nitrogen and oxygen atoms in total. The van der Waals surface area contributed by atoms with Crippen molar-refractivity contribution in [3.8, 4) is 0 Å². The van der Waals surface area contributed by atoms with Crippen LogP contribution in [0.15, 0.2) is 77.7 Å². The van der Waals surface area contributed by atoms with Gasteiger partial charge in [0.1, 0.15) is 12.6 Å². The lowest BCUT2D eigenvalue weighted by Crippen LogP contribution is -2.54. The van der Waals surface area contributed by atoms with Crippen molar-refractivity contribution in [1.82, 2.24) is 10.2 Å². The van der Waals surface area contributed by atoms with Gasteiger partial charge in [-0.2, -0.15) is 0 Å². The Morgan fingerprint density at radius 1 is 0.949 bits per heavy atom. The van der Waals surface area contributed by atoms with Crippen LogP contribution in [0.2, 0.25) is 10.0 Å². The molecular weight excluding hydrogens is 557 g/mol. The zero-order valence-electron chi connectivity index (χ0n) is 22.6. The Morgan fingerprint density at radius 2 is 1.62 bits per heavy atom. The Kier molecular flexibility index (Phi) is 9.69.